The first-order chi connectivity index (χ1) is 17.7. The molecule has 0 aliphatic heterocycles. The summed E-state index contributed by atoms with van der Waals surface area (Å²) in [5.41, 5.74) is 1.78. The summed E-state index contributed by atoms with van der Waals surface area (Å²) < 4.78 is 44.0. The van der Waals surface area contributed by atoms with Crippen molar-refractivity contribution in [3.05, 3.63) is 63.8 Å². The number of carbonyl (C=O) groups is 1. The Balaban J connectivity index is 1.72. The fourth-order valence-electron chi connectivity index (χ4n) is 4.40. The van der Waals surface area contributed by atoms with Crippen LogP contribution in [0, 0.1) is 0 Å². The molecule has 1 fully saturated rings. The molecule has 0 bridgehead atoms. The van der Waals surface area contributed by atoms with E-state index >= 15 is 0 Å². The Kier molecular flexibility index (Phi) is 8.67. The number of hydrogen-bond acceptors (Lipinski definition) is 4. The van der Waals surface area contributed by atoms with Crippen LogP contribution in [0.3, 0.4) is 0 Å². The molecule has 1 aromatic heterocycles. The Morgan fingerprint density at radius 1 is 1.11 bits per heavy atom. The lowest BCUT2D eigenvalue weighted by atomic mass is 9.95. The molecule has 1 saturated carbocycles. The lowest BCUT2D eigenvalue weighted by Crippen LogP contribution is -2.36. The number of rotatable bonds is 8. The van der Waals surface area contributed by atoms with Crippen molar-refractivity contribution < 1.29 is 27.8 Å². The van der Waals surface area contributed by atoms with Crippen LogP contribution in [0.4, 0.5) is 13.2 Å². The molecule has 0 spiro atoms. The Morgan fingerprint density at radius 3 is 2.43 bits per heavy atom. The van der Waals surface area contributed by atoms with Gasteiger partial charge in [-0.05, 0) is 55.3 Å². The molecule has 11 heteroatoms. The predicted octanol–water partition coefficient (Wildman–Crippen LogP) is 6.73. The number of hydrogen-bond donors (Lipinski definition) is 2. The molecule has 2 N–H and O–H groups in total. The molecule has 1 aliphatic carbocycles. The number of amides is 1. The highest BCUT2D eigenvalue weighted by Crippen LogP contribution is 2.34. The van der Waals surface area contributed by atoms with Crippen LogP contribution in [-0.2, 0) is 6.61 Å². The molecule has 1 heterocycles. The number of alkyl halides is 3. The fourth-order valence-corrected chi connectivity index (χ4v) is 4.89. The Hall–Kier alpha value is -2.75. The van der Waals surface area contributed by atoms with Crippen molar-refractivity contribution in [1.82, 2.24) is 15.1 Å². The minimum Gasteiger partial charge on any atom is -0.493 e. The second-order valence-electron chi connectivity index (χ2n) is 8.89. The second-order valence-corrected chi connectivity index (χ2v) is 9.73. The van der Waals surface area contributed by atoms with Gasteiger partial charge in [-0.25, -0.2) is 4.68 Å². The highest BCUT2D eigenvalue weighted by Gasteiger charge is 2.28. The summed E-state index contributed by atoms with van der Waals surface area (Å²) in [6.07, 6.45) is -0.401. The zero-order valence-corrected chi connectivity index (χ0v) is 21.3. The number of aliphatic hydroxyl groups excluding tert-OH is 1. The third-order valence-corrected chi connectivity index (χ3v) is 6.75. The second kappa shape index (κ2) is 11.8. The molecular formula is C26H26Cl2F3N3O3. The molecule has 1 amide bonds. The van der Waals surface area contributed by atoms with E-state index in [2.05, 4.69) is 10.4 Å². The van der Waals surface area contributed by atoms with E-state index in [0.29, 0.717) is 27.5 Å². The van der Waals surface area contributed by atoms with Crippen LogP contribution in [0.25, 0.3) is 16.9 Å². The molecular weight excluding hydrogens is 530 g/mol. The lowest BCUT2D eigenvalue weighted by molar-refractivity contribution is -0.139. The van der Waals surface area contributed by atoms with Gasteiger partial charge in [0, 0.05) is 22.2 Å². The number of carbonyl (C=O) groups excluding carboxylic acids is 1. The first-order valence-corrected chi connectivity index (χ1v) is 12.7. The maximum atomic E-state index is 13.2. The number of benzene rings is 2. The minimum atomic E-state index is -4.31. The Labute approximate surface area is 222 Å². The highest BCUT2D eigenvalue weighted by atomic mass is 35.5. The standard InChI is InChI=1S/C26H26Cl2F3N3O3/c27-17-8-11-22(21(28)14-17)34-24(16-6-9-19(10-7-16)37-13-12-26(29,30)31)20(15-35)23(33-34)25(36)32-18-4-2-1-3-5-18/h6-11,14,18,35H,1-5,12-13,15H2,(H,32,36). The van der Waals surface area contributed by atoms with E-state index in [9.17, 15) is 23.1 Å². The number of nitrogens with one attached hydrogen (secondary N) is 1. The largest absolute Gasteiger partial charge is 0.493 e. The molecule has 6 nitrogen and oxygen atoms in total. The smallest absolute Gasteiger partial charge is 0.392 e. The van der Waals surface area contributed by atoms with Crippen molar-refractivity contribution in [1.29, 1.82) is 0 Å². The van der Waals surface area contributed by atoms with Crippen LogP contribution in [0.1, 0.15) is 54.6 Å². The van der Waals surface area contributed by atoms with E-state index in [1.807, 2.05) is 0 Å². The monoisotopic (exact) mass is 555 g/mol. The summed E-state index contributed by atoms with van der Waals surface area (Å²) in [5.74, 6) is -0.141. The van der Waals surface area contributed by atoms with Crippen LogP contribution in [-0.4, -0.2) is 39.6 Å². The van der Waals surface area contributed by atoms with Crippen molar-refractivity contribution in [2.24, 2.45) is 0 Å². The number of ether oxygens (including phenoxy) is 1. The molecule has 4 rings (SSSR count). The highest BCUT2D eigenvalue weighted by molar-refractivity contribution is 6.35. The van der Waals surface area contributed by atoms with Crippen molar-refractivity contribution in [3.8, 4) is 22.7 Å². The van der Waals surface area contributed by atoms with E-state index < -0.39 is 31.7 Å². The van der Waals surface area contributed by atoms with Crippen LogP contribution in [0.15, 0.2) is 42.5 Å². The first kappa shape index (κ1) is 27.3. The zero-order chi connectivity index (χ0) is 26.6. The SMILES string of the molecule is O=C(NC1CCCCC1)c1nn(-c2ccc(Cl)cc2Cl)c(-c2ccc(OCCC(F)(F)F)cc2)c1CO. The van der Waals surface area contributed by atoms with Crippen LogP contribution in [0.5, 0.6) is 5.75 Å². The average Bonchev–Trinajstić information content (AvgIpc) is 3.24. The molecule has 0 atom stereocenters. The average molecular weight is 556 g/mol. The van der Waals surface area contributed by atoms with Gasteiger partial charge in [0.05, 0.1) is 36.0 Å². The summed E-state index contributed by atoms with van der Waals surface area (Å²) in [6, 6.07) is 11.2. The van der Waals surface area contributed by atoms with E-state index in [0.717, 1.165) is 32.1 Å². The summed E-state index contributed by atoms with van der Waals surface area (Å²) in [6.45, 7) is -0.980. The third kappa shape index (κ3) is 6.77. The van der Waals surface area contributed by atoms with Crippen molar-refractivity contribution in [3.63, 3.8) is 0 Å². The topological polar surface area (TPSA) is 76.4 Å². The van der Waals surface area contributed by atoms with Gasteiger partial charge in [0.25, 0.3) is 5.91 Å². The molecule has 37 heavy (non-hydrogen) atoms. The van der Waals surface area contributed by atoms with Gasteiger partial charge in [0.2, 0.25) is 0 Å². The first-order valence-electron chi connectivity index (χ1n) is 12.0. The van der Waals surface area contributed by atoms with Crippen LogP contribution < -0.4 is 10.1 Å². The molecule has 0 radical (unpaired) electrons. The van der Waals surface area contributed by atoms with Gasteiger partial charge in [-0.3, -0.25) is 4.79 Å². The molecule has 198 valence electrons. The number of halogens is 5. The predicted molar refractivity (Wildman–Crippen MR) is 135 cm³/mol. The van der Waals surface area contributed by atoms with Gasteiger partial charge in [-0.1, -0.05) is 42.5 Å². The fraction of sp³-hybridized carbons (Fsp3) is 0.385. The van der Waals surface area contributed by atoms with Gasteiger partial charge < -0.3 is 15.2 Å². The van der Waals surface area contributed by atoms with E-state index in [-0.39, 0.29) is 22.5 Å². The van der Waals surface area contributed by atoms with Crippen molar-refractivity contribution in [2.75, 3.05) is 6.61 Å². The Bertz CT molecular complexity index is 1240. The van der Waals surface area contributed by atoms with Gasteiger partial charge in [0.15, 0.2) is 5.69 Å². The molecule has 0 saturated heterocycles. The number of aliphatic hydroxyl groups is 1. The number of aromatic nitrogens is 2. The van der Waals surface area contributed by atoms with E-state index in [1.165, 1.54) is 16.8 Å². The molecule has 1 aliphatic rings. The van der Waals surface area contributed by atoms with Gasteiger partial charge >= 0.3 is 6.18 Å². The van der Waals surface area contributed by atoms with E-state index in [1.54, 1.807) is 30.3 Å². The van der Waals surface area contributed by atoms with Crippen molar-refractivity contribution >= 4 is 29.1 Å². The zero-order valence-electron chi connectivity index (χ0n) is 19.8. The maximum Gasteiger partial charge on any atom is 0.392 e. The van der Waals surface area contributed by atoms with Crippen LogP contribution in [0.2, 0.25) is 10.0 Å². The van der Waals surface area contributed by atoms with Gasteiger partial charge in [-0.2, -0.15) is 18.3 Å². The summed E-state index contributed by atoms with van der Waals surface area (Å²) in [4.78, 5) is 13.2. The number of nitrogens with zero attached hydrogens (tertiary/aromatic N) is 2. The molecule has 0 unspecified atom stereocenters. The lowest BCUT2D eigenvalue weighted by Gasteiger charge is -2.22. The van der Waals surface area contributed by atoms with E-state index in [4.69, 9.17) is 27.9 Å². The third-order valence-electron chi connectivity index (χ3n) is 6.22. The maximum absolute atomic E-state index is 13.2. The van der Waals surface area contributed by atoms with Gasteiger partial charge in [-0.15, -0.1) is 0 Å². The van der Waals surface area contributed by atoms with Gasteiger partial charge in [0.1, 0.15) is 5.75 Å². The van der Waals surface area contributed by atoms with Crippen LogP contribution >= 0.6 is 23.2 Å². The summed E-state index contributed by atoms with van der Waals surface area (Å²) >= 11 is 12.5. The van der Waals surface area contributed by atoms with Crippen molar-refractivity contribution in [2.45, 2.75) is 57.3 Å². The Morgan fingerprint density at radius 2 is 1.81 bits per heavy atom. The summed E-state index contributed by atoms with van der Waals surface area (Å²) in [5, 5.41) is 18.6. The summed E-state index contributed by atoms with van der Waals surface area (Å²) in [7, 11) is 0. The molecule has 3 aromatic rings. The minimum absolute atomic E-state index is 0.0358. The molecule has 2 aromatic carbocycles. The normalized spacial score (nSPS) is 14.5. The quantitative estimate of drug-likeness (QED) is 0.323.